The number of likely N-dealkylation sites (tertiary alicyclic amines) is 1. The number of benzene rings is 1. The molecule has 0 radical (unpaired) electrons. The van der Waals surface area contributed by atoms with Crippen molar-refractivity contribution >= 4 is 23.5 Å². The Morgan fingerprint density at radius 1 is 1.38 bits per heavy atom. The fourth-order valence-electron chi connectivity index (χ4n) is 3.01. The standard InChI is InChI=1S/C16H19FN4O3/c17-11-3-1-4-12(7-11)18-13-5-2-6-20(8-13)15(23)10-21-9-14(22)19-16(21)24/h1,3-4,7,13,18H,2,5-6,8-10H2,(H,19,22,24)/t13-/m0/s1. The Bertz CT molecular complexity index is 666. The van der Waals surface area contributed by atoms with Gasteiger partial charge in [-0.2, -0.15) is 0 Å². The van der Waals surface area contributed by atoms with Crippen molar-refractivity contribution in [2.45, 2.75) is 18.9 Å². The van der Waals surface area contributed by atoms with E-state index in [2.05, 4.69) is 10.6 Å². The molecule has 8 heteroatoms. The highest BCUT2D eigenvalue weighted by atomic mass is 19.1. The van der Waals surface area contributed by atoms with E-state index in [0.717, 1.165) is 12.8 Å². The zero-order valence-electron chi connectivity index (χ0n) is 13.1. The lowest BCUT2D eigenvalue weighted by Gasteiger charge is -2.34. The van der Waals surface area contributed by atoms with E-state index >= 15 is 0 Å². The molecule has 0 spiro atoms. The van der Waals surface area contributed by atoms with Crippen LogP contribution in [0.25, 0.3) is 0 Å². The Morgan fingerprint density at radius 2 is 2.21 bits per heavy atom. The van der Waals surface area contributed by atoms with Gasteiger partial charge in [-0.15, -0.1) is 0 Å². The number of amides is 4. The molecule has 0 aromatic heterocycles. The minimum Gasteiger partial charge on any atom is -0.380 e. The average Bonchev–Trinajstić information content (AvgIpc) is 2.85. The highest BCUT2D eigenvalue weighted by Gasteiger charge is 2.31. The van der Waals surface area contributed by atoms with Crippen LogP contribution in [-0.2, 0) is 9.59 Å². The van der Waals surface area contributed by atoms with Gasteiger partial charge < -0.3 is 15.1 Å². The van der Waals surface area contributed by atoms with Crippen LogP contribution in [0.3, 0.4) is 0 Å². The van der Waals surface area contributed by atoms with Gasteiger partial charge in [-0.1, -0.05) is 6.07 Å². The van der Waals surface area contributed by atoms with Crippen molar-refractivity contribution in [2.75, 3.05) is 31.5 Å². The third kappa shape index (κ3) is 3.81. The molecule has 4 amide bonds. The number of imide groups is 1. The lowest BCUT2D eigenvalue weighted by atomic mass is 10.1. The first-order valence-electron chi connectivity index (χ1n) is 7.90. The lowest BCUT2D eigenvalue weighted by molar-refractivity contribution is -0.132. The van der Waals surface area contributed by atoms with Gasteiger partial charge in [-0.3, -0.25) is 14.9 Å². The summed E-state index contributed by atoms with van der Waals surface area (Å²) in [6, 6.07) is 5.71. The second-order valence-corrected chi connectivity index (χ2v) is 6.04. The summed E-state index contributed by atoms with van der Waals surface area (Å²) >= 11 is 0. The number of piperidine rings is 1. The van der Waals surface area contributed by atoms with Crippen LogP contribution in [0.15, 0.2) is 24.3 Å². The van der Waals surface area contributed by atoms with Crippen LogP contribution in [0, 0.1) is 5.82 Å². The molecule has 2 aliphatic rings. The zero-order chi connectivity index (χ0) is 17.1. The fraction of sp³-hybridized carbons (Fsp3) is 0.438. The van der Waals surface area contributed by atoms with E-state index in [1.165, 1.54) is 17.0 Å². The summed E-state index contributed by atoms with van der Waals surface area (Å²) in [6.45, 7) is 0.913. The lowest BCUT2D eigenvalue weighted by Crippen LogP contribution is -2.49. The van der Waals surface area contributed by atoms with E-state index in [-0.39, 0.29) is 30.9 Å². The second-order valence-electron chi connectivity index (χ2n) is 6.04. The van der Waals surface area contributed by atoms with Gasteiger partial charge in [0, 0.05) is 24.8 Å². The number of hydrogen-bond donors (Lipinski definition) is 2. The number of nitrogens with one attached hydrogen (secondary N) is 2. The fourth-order valence-corrected chi connectivity index (χ4v) is 3.01. The molecule has 2 heterocycles. The molecular formula is C16H19FN4O3. The second kappa shape index (κ2) is 6.86. The Morgan fingerprint density at radius 3 is 2.92 bits per heavy atom. The smallest absolute Gasteiger partial charge is 0.325 e. The topological polar surface area (TPSA) is 81.8 Å². The molecule has 2 N–H and O–H groups in total. The van der Waals surface area contributed by atoms with Crippen molar-refractivity contribution < 1.29 is 18.8 Å². The minimum atomic E-state index is -0.528. The largest absolute Gasteiger partial charge is 0.380 e. The Balaban J connectivity index is 1.56. The summed E-state index contributed by atoms with van der Waals surface area (Å²) in [5, 5.41) is 5.39. The van der Waals surface area contributed by atoms with E-state index in [0.29, 0.717) is 18.8 Å². The highest BCUT2D eigenvalue weighted by molar-refractivity contribution is 6.03. The van der Waals surface area contributed by atoms with Crippen LogP contribution in [0.2, 0.25) is 0 Å². The Labute approximate surface area is 138 Å². The Kier molecular flexibility index (Phi) is 4.64. The van der Waals surface area contributed by atoms with Crippen LogP contribution in [0.4, 0.5) is 14.9 Å². The van der Waals surface area contributed by atoms with Gasteiger partial charge in [0.25, 0.3) is 0 Å². The number of carbonyl (C=O) groups excluding carboxylic acids is 3. The van der Waals surface area contributed by atoms with Crippen molar-refractivity contribution in [2.24, 2.45) is 0 Å². The molecule has 0 unspecified atom stereocenters. The predicted molar refractivity (Wildman–Crippen MR) is 84.7 cm³/mol. The van der Waals surface area contributed by atoms with Crippen molar-refractivity contribution in [3.05, 3.63) is 30.1 Å². The monoisotopic (exact) mass is 334 g/mol. The Hall–Kier alpha value is -2.64. The number of urea groups is 1. The number of nitrogens with zero attached hydrogens (tertiary/aromatic N) is 2. The summed E-state index contributed by atoms with van der Waals surface area (Å²) < 4.78 is 13.2. The van der Waals surface area contributed by atoms with E-state index < -0.39 is 11.9 Å². The van der Waals surface area contributed by atoms with E-state index in [1.54, 1.807) is 17.0 Å². The molecular weight excluding hydrogens is 315 g/mol. The first kappa shape index (κ1) is 16.2. The van der Waals surface area contributed by atoms with E-state index in [9.17, 15) is 18.8 Å². The molecule has 7 nitrogen and oxygen atoms in total. The van der Waals surface area contributed by atoms with Crippen molar-refractivity contribution in [3.8, 4) is 0 Å². The van der Waals surface area contributed by atoms with Gasteiger partial charge in [0.1, 0.15) is 18.9 Å². The van der Waals surface area contributed by atoms with Gasteiger partial charge in [0.2, 0.25) is 11.8 Å². The van der Waals surface area contributed by atoms with E-state index in [4.69, 9.17) is 0 Å². The number of anilines is 1. The van der Waals surface area contributed by atoms with Crippen LogP contribution in [0.1, 0.15) is 12.8 Å². The summed E-state index contributed by atoms with van der Waals surface area (Å²) in [4.78, 5) is 37.9. The van der Waals surface area contributed by atoms with Gasteiger partial charge in [-0.05, 0) is 31.0 Å². The molecule has 3 rings (SSSR count). The molecule has 2 aliphatic heterocycles. The first-order chi connectivity index (χ1) is 11.5. The van der Waals surface area contributed by atoms with Crippen molar-refractivity contribution in [3.63, 3.8) is 0 Å². The maximum atomic E-state index is 13.2. The quantitative estimate of drug-likeness (QED) is 0.798. The third-order valence-electron chi connectivity index (χ3n) is 4.16. The molecule has 2 fully saturated rings. The molecule has 128 valence electrons. The molecule has 1 aromatic rings. The zero-order valence-corrected chi connectivity index (χ0v) is 13.1. The summed E-state index contributed by atoms with van der Waals surface area (Å²) in [6.07, 6.45) is 1.70. The summed E-state index contributed by atoms with van der Waals surface area (Å²) in [5.74, 6) is -0.892. The molecule has 2 saturated heterocycles. The molecule has 0 bridgehead atoms. The molecule has 0 aliphatic carbocycles. The van der Waals surface area contributed by atoms with Crippen LogP contribution in [-0.4, -0.2) is 59.9 Å². The predicted octanol–water partition coefficient (Wildman–Crippen LogP) is 0.780. The molecule has 1 aromatic carbocycles. The third-order valence-corrected chi connectivity index (χ3v) is 4.16. The molecule has 24 heavy (non-hydrogen) atoms. The van der Waals surface area contributed by atoms with Crippen LogP contribution >= 0.6 is 0 Å². The average molecular weight is 334 g/mol. The van der Waals surface area contributed by atoms with Gasteiger partial charge in [-0.25, -0.2) is 9.18 Å². The molecule has 1 atom stereocenters. The van der Waals surface area contributed by atoms with Gasteiger partial charge in [0.05, 0.1) is 0 Å². The van der Waals surface area contributed by atoms with E-state index in [1.807, 2.05) is 0 Å². The SMILES string of the molecule is O=C1CN(CC(=O)N2CCC[C@H](Nc3cccc(F)c3)C2)C(=O)N1. The maximum Gasteiger partial charge on any atom is 0.325 e. The van der Waals surface area contributed by atoms with Gasteiger partial charge >= 0.3 is 6.03 Å². The minimum absolute atomic E-state index is 0.0264. The number of halogens is 1. The number of rotatable bonds is 4. The normalized spacial score (nSPS) is 21.0. The highest BCUT2D eigenvalue weighted by Crippen LogP contribution is 2.17. The first-order valence-corrected chi connectivity index (χ1v) is 7.90. The van der Waals surface area contributed by atoms with Crippen LogP contribution < -0.4 is 10.6 Å². The summed E-state index contributed by atoms with van der Waals surface area (Å²) in [5.41, 5.74) is 0.679. The maximum absolute atomic E-state index is 13.2. The summed E-state index contributed by atoms with van der Waals surface area (Å²) in [7, 11) is 0. The van der Waals surface area contributed by atoms with Crippen molar-refractivity contribution in [1.29, 1.82) is 0 Å². The van der Waals surface area contributed by atoms with Gasteiger partial charge in [0.15, 0.2) is 0 Å². The van der Waals surface area contributed by atoms with Crippen LogP contribution in [0.5, 0.6) is 0 Å². The number of carbonyl (C=O) groups is 3. The van der Waals surface area contributed by atoms with Crippen molar-refractivity contribution in [1.82, 2.24) is 15.1 Å². The number of hydrogen-bond acceptors (Lipinski definition) is 4. The molecule has 0 saturated carbocycles.